The van der Waals surface area contributed by atoms with Crippen molar-refractivity contribution in [2.45, 2.75) is 13.5 Å². The molecule has 0 aromatic carbocycles. The van der Waals surface area contributed by atoms with Crippen molar-refractivity contribution in [3.8, 4) is 6.07 Å². The highest BCUT2D eigenvalue weighted by Crippen LogP contribution is 2.12. The molecule has 1 aromatic rings. The van der Waals surface area contributed by atoms with Crippen LogP contribution in [-0.4, -0.2) is 9.78 Å². The maximum atomic E-state index is 8.28. The van der Waals surface area contributed by atoms with Crippen LogP contribution in [0.3, 0.4) is 0 Å². The van der Waals surface area contributed by atoms with Gasteiger partial charge < -0.3 is 0 Å². The van der Waals surface area contributed by atoms with Crippen LogP contribution in [0.4, 0.5) is 0 Å². The molecule has 52 valence electrons. The van der Waals surface area contributed by atoms with Gasteiger partial charge in [0.2, 0.25) is 0 Å². The SMILES string of the molecule is Cc1cnn(CC#N)c1Cl. The van der Waals surface area contributed by atoms with E-state index in [1.807, 2.05) is 13.0 Å². The summed E-state index contributed by atoms with van der Waals surface area (Å²) in [5, 5.41) is 12.7. The Morgan fingerprint density at radius 2 is 2.60 bits per heavy atom. The maximum Gasteiger partial charge on any atom is 0.131 e. The molecule has 0 unspecified atom stereocenters. The van der Waals surface area contributed by atoms with Gasteiger partial charge in [-0.25, -0.2) is 4.68 Å². The third-order valence-electron chi connectivity index (χ3n) is 1.16. The Kier molecular flexibility index (Phi) is 1.93. The molecule has 0 aliphatic rings. The summed E-state index contributed by atoms with van der Waals surface area (Å²) < 4.78 is 1.46. The van der Waals surface area contributed by atoms with E-state index in [1.54, 1.807) is 6.20 Å². The second-order valence-corrected chi connectivity index (χ2v) is 2.29. The zero-order chi connectivity index (χ0) is 7.56. The Bertz CT molecular complexity index is 271. The third-order valence-corrected chi connectivity index (χ3v) is 1.66. The first-order valence-electron chi connectivity index (χ1n) is 2.80. The minimum absolute atomic E-state index is 0.215. The van der Waals surface area contributed by atoms with Crippen LogP contribution >= 0.6 is 11.6 Å². The molecule has 0 N–H and O–H groups in total. The number of hydrogen-bond donors (Lipinski definition) is 0. The van der Waals surface area contributed by atoms with Crippen LogP contribution in [-0.2, 0) is 6.54 Å². The highest BCUT2D eigenvalue weighted by atomic mass is 35.5. The van der Waals surface area contributed by atoms with Crippen molar-refractivity contribution in [1.29, 1.82) is 5.26 Å². The fourth-order valence-corrected chi connectivity index (χ4v) is 0.793. The summed E-state index contributed by atoms with van der Waals surface area (Å²) >= 11 is 5.74. The zero-order valence-electron chi connectivity index (χ0n) is 5.50. The molecule has 0 radical (unpaired) electrons. The van der Waals surface area contributed by atoms with E-state index in [9.17, 15) is 0 Å². The first-order valence-corrected chi connectivity index (χ1v) is 3.18. The van der Waals surface area contributed by atoms with E-state index in [2.05, 4.69) is 5.10 Å². The largest absolute Gasteiger partial charge is 0.240 e. The Hall–Kier alpha value is -1.01. The van der Waals surface area contributed by atoms with Crippen molar-refractivity contribution in [2.75, 3.05) is 0 Å². The van der Waals surface area contributed by atoms with Gasteiger partial charge >= 0.3 is 0 Å². The van der Waals surface area contributed by atoms with E-state index in [4.69, 9.17) is 16.9 Å². The second-order valence-electron chi connectivity index (χ2n) is 1.93. The van der Waals surface area contributed by atoms with Crippen molar-refractivity contribution in [3.05, 3.63) is 16.9 Å². The summed E-state index contributed by atoms with van der Waals surface area (Å²) in [4.78, 5) is 0. The minimum Gasteiger partial charge on any atom is -0.240 e. The van der Waals surface area contributed by atoms with E-state index in [1.165, 1.54) is 4.68 Å². The molecule has 1 aromatic heterocycles. The Morgan fingerprint density at radius 3 is 3.00 bits per heavy atom. The molecule has 0 spiro atoms. The van der Waals surface area contributed by atoms with Crippen molar-refractivity contribution in [3.63, 3.8) is 0 Å². The fourth-order valence-electron chi connectivity index (χ4n) is 0.641. The summed E-state index contributed by atoms with van der Waals surface area (Å²) in [6.45, 7) is 2.07. The molecule has 10 heavy (non-hydrogen) atoms. The summed E-state index contributed by atoms with van der Waals surface area (Å²) in [5.74, 6) is 0. The second kappa shape index (κ2) is 2.72. The van der Waals surface area contributed by atoms with Crippen LogP contribution in [0.2, 0.25) is 5.15 Å². The summed E-state index contributed by atoms with van der Waals surface area (Å²) in [7, 11) is 0. The molecule has 4 heteroatoms. The number of hydrogen-bond acceptors (Lipinski definition) is 2. The number of aryl methyl sites for hydroxylation is 1. The van der Waals surface area contributed by atoms with Crippen LogP contribution in [0.1, 0.15) is 5.56 Å². The van der Waals surface area contributed by atoms with Crippen LogP contribution in [0.25, 0.3) is 0 Å². The first-order chi connectivity index (χ1) is 4.75. The Labute approximate surface area is 63.8 Å². The lowest BCUT2D eigenvalue weighted by Gasteiger charge is -1.92. The highest BCUT2D eigenvalue weighted by Gasteiger charge is 2.01. The molecule has 0 amide bonds. The van der Waals surface area contributed by atoms with Gasteiger partial charge in [0.1, 0.15) is 11.7 Å². The van der Waals surface area contributed by atoms with Gasteiger partial charge in [0.25, 0.3) is 0 Å². The number of halogens is 1. The van der Waals surface area contributed by atoms with E-state index in [0.29, 0.717) is 5.15 Å². The van der Waals surface area contributed by atoms with Crippen LogP contribution < -0.4 is 0 Å². The molecular formula is C6H6ClN3. The molecule has 0 atom stereocenters. The molecule has 0 aliphatic carbocycles. The predicted molar refractivity (Wildman–Crippen MR) is 37.6 cm³/mol. The Balaban J connectivity index is 2.96. The van der Waals surface area contributed by atoms with Gasteiger partial charge in [0.05, 0.1) is 12.3 Å². The quantitative estimate of drug-likeness (QED) is 0.615. The third kappa shape index (κ3) is 1.12. The molecule has 0 fully saturated rings. The lowest BCUT2D eigenvalue weighted by Crippen LogP contribution is -1.96. The van der Waals surface area contributed by atoms with Gasteiger partial charge in [-0.1, -0.05) is 11.6 Å². The molecule has 0 aliphatic heterocycles. The minimum atomic E-state index is 0.215. The van der Waals surface area contributed by atoms with Crippen LogP contribution in [0, 0.1) is 18.3 Å². The predicted octanol–water partition coefficient (Wildman–Crippen LogP) is 1.37. The van der Waals surface area contributed by atoms with E-state index >= 15 is 0 Å². The molecule has 0 bridgehead atoms. The molecule has 1 heterocycles. The van der Waals surface area contributed by atoms with Crippen molar-refractivity contribution in [2.24, 2.45) is 0 Å². The summed E-state index contributed by atoms with van der Waals surface area (Å²) in [6.07, 6.45) is 1.64. The average Bonchev–Trinajstić information content (AvgIpc) is 2.20. The smallest absolute Gasteiger partial charge is 0.131 e. The summed E-state index contributed by atoms with van der Waals surface area (Å²) in [5.41, 5.74) is 0.900. The monoisotopic (exact) mass is 155 g/mol. The van der Waals surface area contributed by atoms with E-state index < -0.39 is 0 Å². The standard InChI is InChI=1S/C6H6ClN3/c1-5-4-9-10(3-2-8)6(5)7/h4H,3H2,1H3. The van der Waals surface area contributed by atoms with E-state index in [0.717, 1.165) is 5.56 Å². The summed E-state index contributed by atoms with van der Waals surface area (Å²) in [6, 6.07) is 1.95. The van der Waals surface area contributed by atoms with Crippen molar-refractivity contribution < 1.29 is 0 Å². The first kappa shape index (κ1) is 7.10. The average molecular weight is 156 g/mol. The fraction of sp³-hybridized carbons (Fsp3) is 0.333. The lowest BCUT2D eigenvalue weighted by atomic mass is 10.4. The number of nitrogens with zero attached hydrogens (tertiary/aromatic N) is 3. The zero-order valence-corrected chi connectivity index (χ0v) is 6.26. The van der Waals surface area contributed by atoms with E-state index in [-0.39, 0.29) is 6.54 Å². The van der Waals surface area contributed by atoms with Gasteiger partial charge in [-0.05, 0) is 6.92 Å². The van der Waals surface area contributed by atoms with Gasteiger partial charge in [0.15, 0.2) is 0 Å². The number of aromatic nitrogens is 2. The van der Waals surface area contributed by atoms with Gasteiger partial charge in [-0.3, -0.25) is 0 Å². The van der Waals surface area contributed by atoms with Gasteiger partial charge in [-0.15, -0.1) is 0 Å². The van der Waals surface area contributed by atoms with Crippen LogP contribution in [0.5, 0.6) is 0 Å². The molecule has 0 saturated heterocycles. The molecular weight excluding hydrogens is 150 g/mol. The Morgan fingerprint density at radius 1 is 1.90 bits per heavy atom. The van der Waals surface area contributed by atoms with Gasteiger partial charge in [-0.2, -0.15) is 10.4 Å². The van der Waals surface area contributed by atoms with Gasteiger partial charge in [0, 0.05) is 5.56 Å². The normalized spacial score (nSPS) is 9.30. The van der Waals surface area contributed by atoms with Crippen molar-refractivity contribution >= 4 is 11.6 Å². The number of rotatable bonds is 1. The molecule has 0 saturated carbocycles. The highest BCUT2D eigenvalue weighted by molar-refractivity contribution is 6.30. The molecule has 1 rings (SSSR count). The lowest BCUT2D eigenvalue weighted by molar-refractivity contribution is 0.710. The number of nitriles is 1. The molecule has 3 nitrogen and oxygen atoms in total. The van der Waals surface area contributed by atoms with Crippen molar-refractivity contribution in [1.82, 2.24) is 9.78 Å². The van der Waals surface area contributed by atoms with Crippen LogP contribution in [0.15, 0.2) is 6.20 Å². The maximum absolute atomic E-state index is 8.28. The topological polar surface area (TPSA) is 41.6 Å².